The zero-order valence-electron chi connectivity index (χ0n) is 10.3. The summed E-state index contributed by atoms with van der Waals surface area (Å²) < 4.78 is 13.4. The Morgan fingerprint density at radius 1 is 1.37 bits per heavy atom. The van der Waals surface area contributed by atoms with Gasteiger partial charge in [0.1, 0.15) is 12.4 Å². The molecule has 1 fully saturated rings. The molecule has 1 N–H and O–H groups in total. The molecule has 1 aromatic carbocycles. The van der Waals surface area contributed by atoms with Gasteiger partial charge in [0.05, 0.1) is 0 Å². The van der Waals surface area contributed by atoms with E-state index < -0.39 is 17.7 Å². The monoisotopic (exact) mass is 263 g/mol. The van der Waals surface area contributed by atoms with Crippen molar-refractivity contribution in [3.05, 3.63) is 41.7 Å². The van der Waals surface area contributed by atoms with Gasteiger partial charge in [-0.25, -0.2) is 4.39 Å². The lowest BCUT2D eigenvalue weighted by molar-refractivity contribution is -0.143. The average molecular weight is 263 g/mol. The van der Waals surface area contributed by atoms with E-state index in [1.165, 1.54) is 23.1 Å². The number of benzene rings is 1. The molecule has 19 heavy (non-hydrogen) atoms. The molecule has 0 spiro atoms. The van der Waals surface area contributed by atoms with E-state index in [4.69, 9.17) is 5.11 Å². The molecular formula is C14H14FNO3. The first kappa shape index (κ1) is 13.3. The number of carbonyl (C=O) groups is 2. The minimum absolute atomic E-state index is 0.00821. The third kappa shape index (κ3) is 3.64. The van der Waals surface area contributed by atoms with Gasteiger partial charge < -0.3 is 10.0 Å². The van der Waals surface area contributed by atoms with Gasteiger partial charge in [-0.2, -0.15) is 0 Å². The van der Waals surface area contributed by atoms with Crippen molar-refractivity contribution in [2.75, 3.05) is 6.54 Å². The summed E-state index contributed by atoms with van der Waals surface area (Å²) in [6.07, 6.45) is 4.24. The van der Waals surface area contributed by atoms with Crippen molar-refractivity contribution in [3.63, 3.8) is 0 Å². The number of carboxylic acid groups (broad SMARTS) is 1. The lowest BCUT2D eigenvalue weighted by atomic mass is 10.2. The Morgan fingerprint density at radius 3 is 2.63 bits per heavy atom. The smallest absolute Gasteiger partial charge is 0.323 e. The second-order valence-electron chi connectivity index (χ2n) is 4.45. The first-order valence-electron chi connectivity index (χ1n) is 6.03. The van der Waals surface area contributed by atoms with Gasteiger partial charge >= 0.3 is 5.97 Å². The fourth-order valence-electron chi connectivity index (χ4n) is 1.79. The van der Waals surface area contributed by atoms with Crippen molar-refractivity contribution in [1.82, 2.24) is 4.90 Å². The van der Waals surface area contributed by atoms with Crippen molar-refractivity contribution in [2.24, 2.45) is 0 Å². The maximum Gasteiger partial charge on any atom is 0.323 e. The van der Waals surface area contributed by atoms with Crippen LogP contribution < -0.4 is 0 Å². The standard InChI is InChI=1S/C14H14FNO3/c15-12-4-2-1-3-10(12)5-8-13(17)16(9-14(18)19)11-6-7-11/h1-5,8,11H,6-7,9H2,(H,18,19)/b8-5-. The molecule has 100 valence electrons. The first-order chi connectivity index (χ1) is 9.08. The Balaban J connectivity index is 2.06. The van der Waals surface area contributed by atoms with Crippen LogP contribution in [0.3, 0.4) is 0 Å². The van der Waals surface area contributed by atoms with Crippen LogP contribution >= 0.6 is 0 Å². The molecule has 0 atom stereocenters. The second-order valence-corrected chi connectivity index (χ2v) is 4.45. The number of halogens is 1. The average Bonchev–Trinajstić information content (AvgIpc) is 3.18. The fraction of sp³-hybridized carbons (Fsp3) is 0.286. The molecular weight excluding hydrogens is 249 g/mol. The van der Waals surface area contributed by atoms with Gasteiger partial charge in [-0.05, 0) is 25.0 Å². The van der Waals surface area contributed by atoms with Crippen molar-refractivity contribution in [3.8, 4) is 0 Å². The molecule has 4 nitrogen and oxygen atoms in total. The molecule has 1 amide bonds. The van der Waals surface area contributed by atoms with Crippen molar-refractivity contribution >= 4 is 18.0 Å². The molecule has 0 unspecified atom stereocenters. The molecule has 0 aliphatic heterocycles. The third-order valence-corrected chi connectivity index (χ3v) is 2.89. The highest BCUT2D eigenvalue weighted by Gasteiger charge is 2.32. The van der Waals surface area contributed by atoms with E-state index >= 15 is 0 Å². The summed E-state index contributed by atoms with van der Waals surface area (Å²) in [5.74, 6) is -1.85. The van der Waals surface area contributed by atoms with E-state index in [-0.39, 0.29) is 12.6 Å². The van der Waals surface area contributed by atoms with Crippen molar-refractivity contribution < 1.29 is 19.1 Å². The molecule has 1 aromatic rings. The lowest BCUT2D eigenvalue weighted by Crippen LogP contribution is -2.36. The predicted molar refractivity (Wildman–Crippen MR) is 67.8 cm³/mol. The minimum Gasteiger partial charge on any atom is -0.480 e. The predicted octanol–water partition coefficient (Wildman–Crippen LogP) is 1.91. The van der Waals surface area contributed by atoms with E-state index in [0.29, 0.717) is 5.56 Å². The van der Waals surface area contributed by atoms with Gasteiger partial charge in [0.2, 0.25) is 5.91 Å². The summed E-state index contributed by atoms with van der Waals surface area (Å²) in [7, 11) is 0. The Kier molecular flexibility index (Phi) is 3.94. The number of aliphatic carboxylic acids is 1. The summed E-state index contributed by atoms with van der Waals surface area (Å²) in [5, 5.41) is 8.76. The van der Waals surface area contributed by atoms with E-state index in [0.717, 1.165) is 12.8 Å². The van der Waals surface area contributed by atoms with Gasteiger partial charge in [-0.1, -0.05) is 18.2 Å². The van der Waals surface area contributed by atoms with Crippen molar-refractivity contribution in [1.29, 1.82) is 0 Å². The molecule has 0 aromatic heterocycles. The zero-order valence-corrected chi connectivity index (χ0v) is 10.3. The van der Waals surface area contributed by atoms with E-state index in [9.17, 15) is 14.0 Å². The van der Waals surface area contributed by atoms with Gasteiger partial charge in [-0.15, -0.1) is 0 Å². The number of hydrogen-bond donors (Lipinski definition) is 1. The summed E-state index contributed by atoms with van der Waals surface area (Å²) in [6.45, 7) is -0.314. The maximum absolute atomic E-state index is 13.4. The van der Waals surface area contributed by atoms with Crippen LogP contribution in [0.2, 0.25) is 0 Å². The van der Waals surface area contributed by atoms with Crippen LogP contribution in [-0.2, 0) is 9.59 Å². The molecule has 2 rings (SSSR count). The van der Waals surface area contributed by atoms with Crippen LogP contribution in [0.25, 0.3) is 6.08 Å². The molecule has 1 aliphatic carbocycles. The Labute approximate surface area is 110 Å². The van der Waals surface area contributed by atoms with Gasteiger partial charge in [0.25, 0.3) is 0 Å². The Bertz CT molecular complexity index is 523. The lowest BCUT2D eigenvalue weighted by Gasteiger charge is -2.17. The molecule has 1 saturated carbocycles. The van der Waals surface area contributed by atoms with Gasteiger partial charge in [0, 0.05) is 17.7 Å². The molecule has 0 radical (unpaired) electrons. The van der Waals surface area contributed by atoms with E-state index in [1.807, 2.05) is 0 Å². The topological polar surface area (TPSA) is 57.6 Å². The normalized spacial score (nSPS) is 14.6. The highest BCUT2D eigenvalue weighted by molar-refractivity contribution is 5.94. The van der Waals surface area contributed by atoms with Crippen LogP contribution in [0.15, 0.2) is 30.3 Å². The fourth-order valence-corrected chi connectivity index (χ4v) is 1.79. The SMILES string of the molecule is O=C(O)CN(C(=O)/C=C\c1ccccc1F)C1CC1. The number of rotatable bonds is 5. The maximum atomic E-state index is 13.4. The van der Waals surface area contributed by atoms with Crippen LogP contribution in [0.5, 0.6) is 0 Å². The van der Waals surface area contributed by atoms with E-state index in [1.54, 1.807) is 18.2 Å². The van der Waals surface area contributed by atoms with Crippen molar-refractivity contribution in [2.45, 2.75) is 18.9 Å². The largest absolute Gasteiger partial charge is 0.480 e. The number of carboxylic acids is 1. The number of carbonyl (C=O) groups excluding carboxylic acids is 1. The Hall–Kier alpha value is -2.17. The zero-order chi connectivity index (χ0) is 13.8. The highest BCUT2D eigenvalue weighted by atomic mass is 19.1. The third-order valence-electron chi connectivity index (χ3n) is 2.89. The first-order valence-corrected chi connectivity index (χ1v) is 6.03. The quantitative estimate of drug-likeness (QED) is 0.826. The van der Waals surface area contributed by atoms with Crippen LogP contribution in [0, 0.1) is 5.82 Å². The summed E-state index contributed by atoms with van der Waals surface area (Å²) in [5.41, 5.74) is 0.307. The minimum atomic E-state index is -1.04. The summed E-state index contributed by atoms with van der Waals surface area (Å²) in [6, 6.07) is 6.10. The molecule has 0 heterocycles. The summed E-state index contributed by atoms with van der Waals surface area (Å²) >= 11 is 0. The van der Waals surface area contributed by atoms with Crippen LogP contribution in [0.4, 0.5) is 4.39 Å². The second kappa shape index (κ2) is 5.65. The van der Waals surface area contributed by atoms with Gasteiger partial charge in [0.15, 0.2) is 0 Å². The number of hydrogen-bond acceptors (Lipinski definition) is 2. The molecule has 0 bridgehead atoms. The molecule has 5 heteroatoms. The summed E-state index contributed by atoms with van der Waals surface area (Å²) in [4.78, 5) is 23.9. The van der Waals surface area contributed by atoms with E-state index in [2.05, 4.69) is 0 Å². The highest BCUT2D eigenvalue weighted by Crippen LogP contribution is 2.27. The molecule has 1 aliphatic rings. The van der Waals surface area contributed by atoms with Crippen LogP contribution in [0.1, 0.15) is 18.4 Å². The molecule has 0 saturated heterocycles. The van der Waals surface area contributed by atoms with Gasteiger partial charge in [-0.3, -0.25) is 9.59 Å². The number of nitrogens with zero attached hydrogens (tertiary/aromatic N) is 1. The van der Waals surface area contributed by atoms with Crippen LogP contribution in [-0.4, -0.2) is 34.5 Å². The number of amides is 1. The Morgan fingerprint density at radius 2 is 2.05 bits per heavy atom.